The van der Waals surface area contributed by atoms with Gasteiger partial charge in [0.1, 0.15) is 8.07 Å². The number of para-hydroxylation sites is 2. The van der Waals surface area contributed by atoms with E-state index in [9.17, 15) is 0 Å². The first-order valence-corrected chi connectivity index (χ1v) is 14.1. The zero-order valence-corrected chi connectivity index (χ0v) is 19.6. The second-order valence-corrected chi connectivity index (χ2v) is 13.2. The van der Waals surface area contributed by atoms with Crippen LogP contribution in [0.5, 0.6) is 0 Å². The molecule has 0 bridgehead atoms. The Morgan fingerprint density at radius 3 is 1.85 bits per heavy atom. The van der Waals surface area contributed by atoms with Crippen LogP contribution in [0.3, 0.4) is 0 Å². The number of rotatable bonds is 3. The van der Waals surface area contributed by atoms with Gasteiger partial charge in [-0.05, 0) is 46.8 Å². The molecule has 0 spiro atoms. The van der Waals surface area contributed by atoms with Crippen molar-refractivity contribution in [2.45, 2.75) is 13.1 Å². The highest BCUT2D eigenvalue weighted by atomic mass is 28.3. The summed E-state index contributed by atoms with van der Waals surface area (Å²) in [5.74, 6) is 1.12. The number of hydrogen-bond donors (Lipinski definition) is 0. The van der Waals surface area contributed by atoms with Crippen LogP contribution in [0.25, 0.3) is 22.8 Å². The van der Waals surface area contributed by atoms with E-state index in [4.69, 9.17) is 4.52 Å². The van der Waals surface area contributed by atoms with Crippen molar-refractivity contribution in [1.82, 2.24) is 10.1 Å². The van der Waals surface area contributed by atoms with Crippen LogP contribution >= 0.6 is 0 Å². The predicted molar refractivity (Wildman–Crippen MR) is 137 cm³/mol. The molecule has 1 aromatic heterocycles. The van der Waals surface area contributed by atoms with Crippen LogP contribution in [0.1, 0.15) is 0 Å². The lowest BCUT2D eigenvalue weighted by Crippen LogP contribution is -2.58. The van der Waals surface area contributed by atoms with Crippen molar-refractivity contribution in [2.24, 2.45) is 0 Å². The molecule has 0 saturated heterocycles. The molecule has 2 heterocycles. The molecule has 0 N–H and O–H groups in total. The Kier molecular flexibility index (Phi) is 4.52. The third-order valence-electron chi connectivity index (χ3n) is 6.47. The molecule has 4 nitrogen and oxygen atoms in total. The maximum absolute atomic E-state index is 5.56. The van der Waals surface area contributed by atoms with Gasteiger partial charge < -0.3 is 9.42 Å². The average Bonchev–Trinajstić information content (AvgIpc) is 3.36. The Morgan fingerprint density at radius 1 is 0.636 bits per heavy atom. The van der Waals surface area contributed by atoms with Crippen LogP contribution in [-0.2, 0) is 0 Å². The van der Waals surface area contributed by atoms with Gasteiger partial charge in [-0.25, -0.2) is 0 Å². The molecule has 1 aliphatic rings. The summed E-state index contributed by atoms with van der Waals surface area (Å²) in [6.07, 6.45) is 0. The minimum atomic E-state index is -1.77. The molecule has 1 aliphatic heterocycles. The van der Waals surface area contributed by atoms with E-state index in [0.717, 1.165) is 16.8 Å². The first-order valence-electron chi connectivity index (χ1n) is 11.1. The minimum Gasteiger partial charge on any atom is -0.334 e. The van der Waals surface area contributed by atoms with E-state index in [1.165, 1.54) is 21.7 Å². The van der Waals surface area contributed by atoms with E-state index in [0.29, 0.717) is 11.7 Å². The first kappa shape index (κ1) is 19.7. The Labute approximate surface area is 194 Å². The third kappa shape index (κ3) is 3.20. The van der Waals surface area contributed by atoms with Gasteiger partial charge in [0.2, 0.25) is 5.82 Å². The fourth-order valence-corrected chi connectivity index (χ4v) is 7.73. The molecule has 0 unspecified atom stereocenters. The van der Waals surface area contributed by atoms with E-state index < -0.39 is 8.07 Å². The maximum atomic E-state index is 5.56. The Hall–Kier alpha value is -3.96. The van der Waals surface area contributed by atoms with Gasteiger partial charge in [-0.15, -0.1) is 0 Å². The molecule has 6 rings (SSSR count). The molecule has 5 heteroatoms. The largest absolute Gasteiger partial charge is 0.334 e. The van der Waals surface area contributed by atoms with Crippen molar-refractivity contribution in [3.05, 3.63) is 103 Å². The summed E-state index contributed by atoms with van der Waals surface area (Å²) in [6.45, 7) is 4.87. The third-order valence-corrected chi connectivity index (χ3v) is 10.0. The quantitative estimate of drug-likeness (QED) is 0.319. The van der Waals surface area contributed by atoms with Crippen LogP contribution in [0.2, 0.25) is 13.1 Å². The zero-order valence-electron chi connectivity index (χ0n) is 18.6. The van der Waals surface area contributed by atoms with Gasteiger partial charge in [0.05, 0.1) is 0 Å². The van der Waals surface area contributed by atoms with E-state index in [2.05, 4.69) is 101 Å². The van der Waals surface area contributed by atoms with Gasteiger partial charge in [-0.2, -0.15) is 4.98 Å². The molecule has 0 saturated carbocycles. The summed E-state index contributed by atoms with van der Waals surface area (Å²) >= 11 is 0. The van der Waals surface area contributed by atoms with Crippen molar-refractivity contribution in [1.29, 1.82) is 0 Å². The van der Waals surface area contributed by atoms with E-state index in [1.807, 2.05) is 30.3 Å². The van der Waals surface area contributed by atoms with Crippen molar-refractivity contribution in [3.63, 3.8) is 0 Å². The fourth-order valence-electron chi connectivity index (χ4n) is 4.75. The van der Waals surface area contributed by atoms with Gasteiger partial charge in [-0.1, -0.05) is 85.0 Å². The summed E-state index contributed by atoms with van der Waals surface area (Å²) in [5, 5.41) is 7.07. The van der Waals surface area contributed by atoms with Gasteiger partial charge in [0.15, 0.2) is 0 Å². The number of aromatic nitrogens is 2. The smallest absolute Gasteiger partial charge is 0.258 e. The van der Waals surface area contributed by atoms with E-state index >= 15 is 0 Å². The summed E-state index contributed by atoms with van der Waals surface area (Å²) in [4.78, 5) is 6.97. The summed E-state index contributed by atoms with van der Waals surface area (Å²) < 4.78 is 5.56. The van der Waals surface area contributed by atoms with Gasteiger partial charge in [0.25, 0.3) is 5.89 Å². The van der Waals surface area contributed by atoms with Crippen LogP contribution < -0.4 is 15.3 Å². The standard InChI is InChI=1S/C28H23N3OSi/c1-33(2)25-14-8-6-12-23(25)31(24-13-7-9-15-26(24)33)22-18-16-21(17-19-22)28-29-27(30-32-28)20-10-4-3-5-11-20/h3-19H,1-2H3. The molecule has 160 valence electrons. The monoisotopic (exact) mass is 445 g/mol. The van der Waals surface area contributed by atoms with Gasteiger partial charge in [0, 0.05) is 28.2 Å². The molecule has 4 aromatic carbocycles. The Bertz CT molecular complexity index is 1390. The van der Waals surface area contributed by atoms with Crippen molar-refractivity contribution < 1.29 is 4.52 Å². The summed E-state index contributed by atoms with van der Waals surface area (Å²) in [5.41, 5.74) is 5.50. The second kappa shape index (κ2) is 7.57. The molecule has 0 atom stereocenters. The maximum Gasteiger partial charge on any atom is 0.258 e. The highest BCUT2D eigenvalue weighted by Gasteiger charge is 2.38. The number of anilines is 3. The number of benzene rings is 4. The topological polar surface area (TPSA) is 42.2 Å². The zero-order chi connectivity index (χ0) is 22.4. The number of nitrogens with zero attached hydrogens (tertiary/aromatic N) is 3. The minimum absolute atomic E-state index is 0.522. The molecule has 33 heavy (non-hydrogen) atoms. The predicted octanol–water partition coefficient (Wildman–Crippen LogP) is 6.01. The lowest BCUT2D eigenvalue weighted by molar-refractivity contribution is 0.432. The van der Waals surface area contributed by atoms with Crippen LogP contribution in [0.15, 0.2) is 108 Å². The average molecular weight is 446 g/mol. The summed E-state index contributed by atoms with van der Waals surface area (Å²) in [7, 11) is -1.77. The Morgan fingerprint density at radius 2 is 1.21 bits per heavy atom. The van der Waals surface area contributed by atoms with Crippen LogP contribution in [-0.4, -0.2) is 18.2 Å². The molecule has 5 aromatic rings. The highest BCUT2D eigenvalue weighted by molar-refractivity contribution is 7.02. The Balaban J connectivity index is 1.40. The van der Waals surface area contributed by atoms with Gasteiger partial charge >= 0.3 is 0 Å². The molecular formula is C28H23N3OSi. The highest BCUT2D eigenvalue weighted by Crippen LogP contribution is 2.38. The molecular weight excluding hydrogens is 422 g/mol. The lowest BCUT2D eigenvalue weighted by atomic mass is 10.1. The second-order valence-electron chi connectivity index (χ2n) is 8.83. The SMILES string of the molecule is C[Si]1(C)c2ccccc2N(c2ccc(-c3nc(-c4ccccc4)no3)cc2)c2ccccc21. The number of fused-ring (bicyclic) bond motifs is 2. The molecule has 0 radical (unpaired) electrons. The molecule has 0 fully saturated rings. The van der Waals surface area contributed by atoms with Crippen LogP contribution in [0.4, 0.5) is 17.1 Å². The first-order chi connectivity index (χ1) is 16.1. The fraction of sp³-hybridized carbons (Fsp3) is 0.0714. The van der Waals surface area contributed by atoms with Gasteiger partial charge in [-0.3, -0.25) is 0 Å². The van der Waals surface area contributed by atoms with Crippen LogP contribution in [0, 0.1) is 0 Å². The van der Waals surface area contributed by atoms with E-state index in [-0.39, 0.29) is 0 Å². The van der Waals surface area contributed by atoms with Crippen molar-refractivity contribution >= 4 is 35.5 Å². The van der Waals surface area contributed by atoms with E-state index in [1.54, 1.807) is 0 Å². The summed E-state index contributed by atoms with van der Waals surface area (Å²) in [6, 6.07) is 35.9. The normalized spacial score (nSPS) is 13.9. The number of hydrogen-bond acceptors (Lipinski definition) is 4. The van der Waals surface area contributed by atoms with Crippen molar-refractivity contribution in [3.8, 4) is 22.8 Å². The lowest BCUT2D eigenvalue weighted by Gasteiger charge is -2.41. The van der Waals surface area contributed by atoms with Crippen molar-refractivity contribution in [2.75, 3.05) is 4.90 Å². The molecule has 0 aliphatic carbocycles. The molecule has 0 amide bonds.